The summed E-state index contributed by atoms with van der Waals surface area (Å²) in [6, 6.07) is 56.8. The normalized spacial score (nSPS) is 11.6. The van der Waals surface area contributed by atoms with Crippen molar-refractivity contribution in [2.24, 2.45) is 0 Å². The average Bonchev–Trinajstić information content (AvgIpc) is 3.74. The van der Waals surface area contributed by atoms with Gasteiger partial charge in [0.15, 0.2) is 17.5 Å². The summed E-state index contributed by atoms with van der Waals surface area (Å²) in [5.74, 6) is 1.77. The highest BCUT2D eigenvalue weighted by atomic mass is 35.5. The lowest BCUT2D eigenvalue weighted by Gasteiger charge is -2.13. The van der Waals surface area contributed by atoms with Crippen LogP contribution in [0.2, 0.25) is 5.02 Å². The molecule has 4 nitrogen and oxygen atoms in total. The van der Waals surface area contributed by atoms with Crippen LogP contribution in [0.3, 0.4) is 0 Å². The number of halogens is 1. The first kappa shape index (κ1) is 29.7. The van der Waals surface area contributed by atoms with Crippen LogP contribution >= 0.6 is 22.9 Å². The number of hydrogen-bond acceptors (Lipinski definition) is 4. The van der Waals surface area contributed by atoms with E-state index < -0.39 is 0 Å². The number of nitrogens with zero attached hydrogens (tertiary/aromatic N) is 4. The summed E-state index contributed by atoms with van der Waals surface area (Å²) in [5.41, 5.74) is 8.18. The van der Waals surface area contributed by atoms with Gasteiger partial charge in [-0.05, 0) is 59.7 Å². The lowest BCUT2D eigenvalue weighted by atomic mass is 10.0. The molecule has 10 aromatic rings. The molecule has 240 valence electrons. The van der Waals surface area contributed by atoms with Crippen LogP contribution in [-0.4, -0.2) is 19.5 Å². The number of fused-ring (bicyclic) bond motifs is 6. The maximum absolute atomic E-state index is 6.85. The van der Waals surface area contributed by atoms with Gasteiger partial charge < -0.3 is 4.57 Å². The number of thiophene rings is 1. The van der Waals surface area contributed by atoms with Crippen molar-refractivity contribution in [1.29, 1.82) is 0 Å². The van der Waals surface area contributed by atoms with Crippen molar-refractivity contribution >= 4 is 64.9 Å². The zero-order valence-corrected chi connectivity index (χ0v) is 28.7. The number of rotatable bonds is 5. The standard InChI is InChI=1S/C45H27ClN4S/c46-31-26-37(41-35-20-8-10-24-39(35)51-40(41)27-31)45-48-43(30-16-11-15-29(25-30)28-13-3-1-4-14-28)47-44(49-45)36-22-12-21-34-33-19-7-9-23-38(33)50(42(34)36)32-17-5-2-6-18-32/h1-27H. The maximum Gasteiger partial charge on any atom is 0.166 e. The van der Waals surface area contributed by atoms with E-state index in [4.69, 9.17) is 26.6 Å². The Labute approximate surface area is 302 Å². The highest BCUT2D eigenvalue weighted by molar-refractivity contribution is 7.26. The van der Waals surface area contributed by atoms with Gasteiger partial charge in [0, 0.05) is 58.3 Å². The molecule has 7 aromatic carbocycles. The SMILES string of the molecule is Clc1cc(-c2nc(-c3cccc(-c4ccccc4)c3)nc(-c3cccc4c5ccccc5n(-c5ccccc5)c34)n2)c2c(c1)sc1ccccc12. The lowest BCUT2D eigenvalue weighted by Crippen LogP contribution is -2.02. The molecular weight excluding hydrogens is 664 g/mol. The second-order valence-electron chi connectivity index (χ2n) is 12.6. The minimum Gasteiger partial charge on any atom is -0.309 e. The summed E-state index contributed by atoms with van der Waals surface area (Å²) >= 11 is 8.58. The Morgan fingerprint density at radius 3 is 1.92 bits per heavy atom. The highest BCUT2D eigenvalue weighted by Crippen LogP contribution is 2.43. The van der Waals surface area contributed by atoms with Crippen LogP contribution in [0.15, 0.2) is 164 Å². The van der Waals surface area contributed by atoms with Crippen LogP contribution in [0.25, 0.3) is 93.0 Å². The van der Waals surface area contributed by atoms with E-state index in [9.17, 15) is 0 Å². The van der Waals surface area contributed by atoms with E-state index in [1.807, 2.05) is 24.3 Å². The summed E-state index contributed by atoms with van der Waals surface area (Å²) in [6.07, 6.45) is 0. The van der Waals surface area contributed by atoms with Gasteiger partial charge in [-0.25, -0.2) is 15.0 Å². The Morgan fingerprint density at radius 2 is 1.08 bits per heavy atom. The van der Waals surface area contributed by atoms with Crippen molar-refractivity contribution in [3.05, 3.63) is 169 Å². The Hall–Kier alpha value is -6.14. The van der Waals surface area contributed by atoms with Crippen molar-refractivity contribution < 1.29 is 0 Å². The molecule has 0 aliphatic rings. The molecule has 0 radical (unpaired) electrons. The Bertz CT molecular complexity index is 2930. The fraction of sp³-hybridized carbons (Fsp3) is 0. The molecule has 0 saturated carbocycles. The molecular formula is C45H27ClN4S. The van der Waals surface area contributed by atoms with E-state index in [0.717, 1.165) is 65.4 Å². The van der Waals surface area contributed by atoms with E-state index in [-0.39, 0.29) is 0 Å². The quantitative estimate of drug-likeness (QED) is 0.180. The molecule has 0 bridgehead atoms. The first-order chi connectivity index (χ1) is 25.2. The lowest BCUT2D eigenvalue weighted by molar-refractivity contribution is 1.07. The van der Waals surface area contributed by atoms with Crippen molar-refractivity contribution in [1.82, 2.24) is 19.5 Å². The first-order valence-corrected chi connectivity index (χ1v) is 18.0. The first-order valence-electron chi connectivity index (χ1n) is 16.8. The maximum atomic E-state index is 6.85. The summed E-state index contributed by atoms with van der Waals surface area (Å²) in [5, 5.41) is 5.20. The van der Waals surface area contributed by atoms with Gasteiger partial charge in [-0.15, -0.1) is 11.3 Å². The number of hydrogen-bond donors (Lipinski definition) is 0. The van der Waals surface area contributed by atoms with Crippen LogP contribution in [0, 0.1) is 0 Å². The average molecular weight is 691 g/mol. The zero-order chi connectivity index (χ0) is 33.9. The minimum atomic E-state index is 0.579. The van der Waals surface area contributed by atoms with Crippen molar-refractivity contribution in [3.8, 4) is 51.0 Å². The van der Waals surface area contributed by atoms with Gasteiger partial charge in [0.25, 0.3) is 0 Å². The van der Waals surface area contributed by atoms with E-state index >= 15 is 0 Å². The monoisotopic (exact) mass is 690 g/mol. The van der Waals surface area contributed by atoms with E-state index in [2.05, 4.69) is 144 Å². The Morgan fingerprint density at radius 1 is 0.451 bits per heavy atom. The third-order valence-electron chi connectivity index (χ3n) is 9.50. The fourth-order valence-electron chi connectivity index (χ4n) is 7.26. The molecule has 0 unspecified atom stereocenters. The van der Waals surface area contributed by atoms with Crippen molar-refractivity contribution in [2.45, 2.75) is 0 Å². The van der Waals surface area contributed by atoms with Gasteiger partial charge in [0.05, 0.1) is 11.0 Å². The topological polar surface area (TPSA) is 43.6 Å². The molecule has 6 heteroatoms. The number of para-hydroxylation sites is 3. The second kappa shape index (κ2) is 12.0. The summed E-state index contributed by atoms with van der Waals surface area (Å²) in [6.45, 7) is 0. The Kier molecular flexibility index (Phi) is 7.01. The second-order valence-corrected chi connectivity index (χ2v) is 14.1. The van der Waals surface area contributed by atoms with Gasteiger partial charge >= 0.3 is 0 Å². The van der Waals surface area contributed by atoms with Crippen LogP contribution in [0.4, 0.5) is 0 Å². The fourth-order valence-corrected chi connectivity index (χ4v) is 8.71. The van der Waals surface area contributed by atoms with Gasteiger partial charge in [-0.3, -0.25) is 0 Å². The van der Waals surface area contributed by atoms with Gasteiger partial charge in [0.2, 0.25) is 0 Å². The third-order valence-corrected chi connectivity index (χ3v) is 10.8. The van der Waals surface area contributed by atoms with E-state index in [1.165, 1.54) is 10.1 Å². The molecule has 0 N–H and O–H groups in total. The summed E-state index contributed by atoms with van der Waals surface area (Å²) in [4.78, 5) is 15.8. The minimum absolute atomic E-state index is 0.579. The molecule has 3 aromatic heterocycles. The molecule has 10 rings (SSSR count). The van der Waals surface area contributed by atoms with Crippen LogP contribution in [0.1, 0.15) is 0 Å². The molecule has 51 heavy (non-hydrogen) atoms. The molecule has 0 spiro atoms. The molecule has 0 fully saturated rings. The molecule has 0 aliphatic heterocycles. The summed E-state index contributed by atoms with van der Waals surface area (Å²) in [7, 11) is 0. The van der Waals surface area contributed by atoms with Gasteiger partial charge in [0.1, 0.15) is 0 Å². The van der Waals surface area contributed by atoms with Crippen LogP contribution < -0.4 is 0 Å². The smallest absolute Gasteiger partial charge is 0.166 e. The molecule has 0 saturated heterocycles. The highest BCUT2D eigenvalue weighted by Gasteiger charge is 2.22. The summed E-state index contributed by atoms with van der Waals surface area (Å²) < 4.78 is 4.61. The molecule has 0 aliphatic carbocycles. The van der Waals surface area contributed by atoms with E-state index in [0.29, 0.717) is 22.5 Å². The number of aromatic nitrogens is 4. The zero-order valence-electron chi connectivity index (χ0n) is 27.2. The molecule has 3 heterocycles. The third kappa shape index (κ3) is 5.01. The molecule has 0 atom stereocenters. The number of benzene rings is 7. The predicted octanol–water partition coefficient (Wildman–Crippen LogP) is 12.7. The van der Waals surface area contributed by atoms with Crippen molar-refractivity contribution in [2.75, 3.05) is 0 Å². The molecule has 0 amide bonds. The van der Waals surface area contributed by atoms with E-state index in [1.54, 1.807) is 11.3 Å². The predicted molar refractivity (Wildman–Crippen MR) is 214 cm³/mol. The van der Waals surface area contributed by atoms with Crippen molar-refractivity contribution in [3.63, 3.8) is 0 Å². The Balaban J connectivity index is 1.29. The van der Waals surface area contributed by atoms with Gasteiger partial charge in [-0.1, -0.05) is 127 Å². The van der Waals surface area contributed by atoms with Crippen LogP contribution in [-0.2, 0) is 0 Å². The van der Waals surface area contributed by atoms with Gasteiger partial charge in [-0.2, -0.15) is 0 Å². The van der Waals surface area contributed by atoms with Crippen LogP contribution in [0.5, 0.6) is 0 Å². The largest absolute Gasteiger partial charge is 0.309 e.